The van der Waals surface area contributed by atoms with Crippen LogP contribution < -0.4 is 5.32 Å². The number of rotatable bonds is 2. The first-order chi connectivity index (χ1) is 9.45. The molecule has 0 unspecified atom stereocenters. The fraction of sp³-hybridized carbons (Fsp3) is 0.533. The molecule has 5 heteroatoms. The van der Waals surface area contributed by atoms with Crippen LogP contribution in [0.25, 0.3) is 0 Å². The predicted molar refractivity (Wildman–Crippen MR) is 74.8 cm³/mol. The lowest BCUT2D eigenvalue weighted by Crippen LogP contribution is -2.47. The van der Waals surface area contributed by atoms with Crippen LogP contribution in [0.3, 0.4) is 0 Å². The Balaban J connectivity index is 2.33. The zero-order valence-electron chi connectivity index (χ0n) is 12.0. The summed E-state index contributed by atoms with van der Waals surface area (Å²) in [7, 11) is 1.44. The Hall–Kier alpha value is -1.65. The van der Waals surface area contributed by atoms with Gasteiger partial charge in [-0.15, -0.1) is 0 Å². The van der Waals surface area contributed by atoms with E-state index in [0.29, 0.717) is 0 Å². The molecule has 0 radical (unpaired) electrons. The Morgan fingerprint density at radius 1 is 1.20 bits per heavy atom. The van der Waals surface area contributed by atoms with Gasteiger partial charge in [0.1, 0.15) is 17.3 Å². The number of hydrogen-bond acceptors (Lipinski definition) is 2. The van der Waals surface area contributed by atoms with Crippen LogP contribution >= 0.6 is 0 Å². The molecule has 1 amide bonds. The number of likely N-dealkylation sites (tertiary alicyclic amines) is 1. The first kappa shape index (κ1) is 14.8. The quantitative estimate of drug-likeness (QED) is 0.901. The van der Waals surface area contributed by atoms with E-state index in [4.69, 9.17) is 0 Å². The Labute approximate surface area is 118 Å². The number of carbonyl (C=O) groups is 1. The lowest BCUT2D eigenvalue weighted by atomic mass is 9.96. The summed E-state index contributed by atoms with van der Waals surface area (Å²) in [6, 6.07) is 2.40. The Morgan fingerprint density at radius 2 is 1.70 bits per heavy atom. The molecule has 0 aliphatic carbocycles. The third kappa shape index (κ3) is 2.62. The molecule has 1 saturated heterocycles. The highest BCUT2D eigenvalue weighted by Gasteiger charge is 2.30. The van der Waals surface area contributed by atoms with Gasteiger partial charge in [0.2, 0.25) is 0 Å². The summed E-state index contributed by atoms with van der Waals surface area (Å²) < 4.78 is 27.5. The number of benzene rings is 1. The zero-order chi connectivity index (χ0) is 14.9. The molecule has 1 N–H and O–H groups in total. The van der Waals surface area contributed by atoms with Gasteiger partial charge in [-0.05, 0) is 45.2 Å². The van der Waals surface area contributed by atoms with Crippen LogP contribution in [0, 0.1) is 11.6 Å². The summed E-state index contributed by atoms with van der Waals surface area (Å²) in [5, 5.41) is 2.45. The number of amides is 1. The molecule has 0 aromatic heterocycles. The molecule has 0 bridgehead atoms. The van der Waals surface area contributed by atoms with Crippen LogP contribution in [-0.2, 0) is 0 Å². The lowest BCUT2D eigenvalue weighted by Gasteiger charge is -2.39. The van der Waals surface area contributed by atoms with Crippen molar-refractivity contribution in [1.29, 1.82) is 0 Å². The van der Waals surface area contributed by atoms with E-state index in [-0.39, 0.29) is 29.2 Å². The molecule has 3 nitrogen and oxygen atoms in total. The largest absolute Gasteiger partial charge is 0.383 e. The molecular formula is C15H20F2N2O. The van der Waals surface area contributed by atoms with E-state index in [1.165, 1.54) is 7.05 Å². The maximum Gasteiger partial charge on any atom is 0.254 e. The Bertz CT molecular complexity index is 486. The third-order valence-electron chi connectivity index (χ3n) is 3.97. The maximum absolute atomic E-state index is 13.8. The van der Waals surface area contributed by atoms with Gasteiger partial charge in [-0.2, -0.15) is 0 Å². The highest BCUT2D eigenvalue weighted by Crippen LogP contribution is 2.27. The first-order valence-electron chi connectivity index (χ1n) is 6.95. The average molecular weight is 282 g/mol. The number of carbonyl (C=O) groups excluding carboxylic acids is 1. The van der Waals surface area contributed by atoms with Crippen molar-refractivity contribution in [3.63, 3.8) is 0 Å². The van der Waals surface area contributed by atoms with Crippen molar-refractivity contribution in [2.75, 3.05) is 12.4 Å². The van der Waals surface area contributed by atoms with E-state index in [1.54, 1.807) is 4.90 Å². The summed E-state index contributed by atoms with van der Waals surface area (Å²) in [6.45, 7) is 3.95. The number of nitrogens with one attached hydrogen (secondary N) is 1. The second-order valence-corrected chi connectivity index (χ2v) is 5.41. The monoisotopic (exact) mass is 282 g/mol. The van der Waals surface area contributed by atoms with Gasteiger partial charge in [0.15, 0.2) is 0 Å². The van der Waals surface area contributed by atoms with E-state index in [0.717, 1.165) is 31.4 Å². The number of anilines is 1. The minimum Gasteiger partial charge on any atom is -0.383 e. The van der Waals surface area contributed by atoms with Gasteiger partial charge in [0.05, 0.1) is 0 Å². The van der Waals surface area contributed by atoms with Crippen LogP contribution in [0.5, 0.6) is 0 Å². The van der Waals surface area contributed by atoms with E-state index in [1.807, 2.05) is 13.8 Å². The molecule has 1 aliphatic rings. The van der Waals surface area contributed by atoms with Crippen molar-refractivity contribution in [2.24, 2.45) is 0 Å². The molecule has 1 heterocycles. The fourth-order valence-corrected chi connectivity index (χ4v) is 2.91. The number of halogens is 2. The molecule has 2 rings (SSSR count). The Kier molecular flexibility index (Phi) is 4.26. The second kappa shape index (κ2) is 5.77. The van der Waals surface area contributed by atoms with Gasteiger partial charge in [-0.25, -0.2) is 8.78 Å². The van der Waals surface area contributed by atoms with Crippen molar-refractivity contribution < 1.29 is 13.6 Å². The van der Waals surface area contributed by atoms with Gasteiger partial charge in [0, 0.05) is 24.7 Å². The minimum atomic E-state index is -0.742. The summed E-state index contributed by atoms with van der Waals surface area (Å²) in [4.78, 5) is 14.2. The van der Waals surface area contributed by atoms with Gasteiger partial charge in [0.25, 0.3) is 5.91 Å². The van der Waals surface area contributed by atoms with Gasteiger partial charge in [-0.1, -0.05) is 0 Å². The van der Waals surface area contributed by atoms with Crippen molar-refractivity contribution in [1.82, 2.24) is 4.90 Å². The van der Waals surface area contributed by atoms with Crippen LogP contribution in [0.1, 0.15) is 43.5 Å². The maximum atomic E-state index is 13.8. The number of piperidine rings is 1. The minimum absolute atomic E-state index is 0.0691. The van der Waals surface area contributed by atoms with E-state index >= 15 is 0 Å². The van der Waals surface area contributed by atoms with Crippen LogP contribution in [0.15, 0.2) is 12.1 Å². The predicted octanol–water partition coefficient (Wildman–Crippen LogP) is 3.41. The van der Waals surface area contributed by atoms with E-state index in [2.05, 4.69) is 5.32 Å². The molecule has 20 heavy (non-hydrogen) atoms. The molecule has 2 atom stereocenters. The SMILES string of the molecule is CNc1c(F)cc(C(=O)N2[C@H](C)CCC[C@@H]2C)cc1F. The van der Waals surface area contributed by atoms with Crippen molar-refractivity contribution in [2.45, 2.75) is 45.2 Å². The molecule has 1 aromatic rings. The molecule has 1 aromatic carbocycles. The van der Waals surface area contributed by atoms with Gasteiger partial charge in [-0.3, -0.25) is 4.79 Å². The summed E-state index contributed by atoms with van der Waals surface area (Å²) >= 11 is 0. The summed E-state index contributed by atoms with van der Waals surface area (Å²) in [6.07, 6.45) is 2.93. The van der Waals surface area contributed by atoms with Crippen LogP contribution in [-0.4, -0.2) is 29.9 Å². The van der Waals surface area contributed by atoms with Crippen molar-refractivity contribution in [3.05, 3.63) is 29.3 Å². The standard InChI is InChI=1S/C15H20F2N2O/c1-9-5-4-6-10(2)19(9)15(20)11-7-12(16)14(18-3)13(17)8-11/h7-10,18H,4-6H2,1-3H3/t9-,10+. The molecule has 1 fully saturated rings. The highest BCUT2D eigenvalue weighted by atomic mass is 19.1. The Morgan fingerprint density at radius 3 is 2.15 bits per heavy atom. The van der Waals surface area contributed by atoms with Crippen LogP contribution in [0.4, 0.5) is 14.5 Å². The third-order valence-corrected chi connectivity index (χ3v) is 3.97. The summed E-state index contributed by atoms with van der Waals surface area (Å²) in [5.41, 5.74) is -0.138. The molecule has 1 aliphatic heterocycles. The zero-order valence-corrected chi connectivity index (χ0v) is 12.0. The lowest BCUT2D eigenvalue weighted by molar-refractivity contribution is 0.0510. The van der Waals surface area contributed by atoms with Gasteiger partial charge < -0.3 is 10.2 Å². The number of nitrogens with zero attached hydrogens (tertiary/aromatic N) is 1. The number of hydrogen-bond donors (Lipinski definition) is 1. The molecular weight excluding hydrogens is 262 g/mol. The summed E-state index contributed by atoms with van der Waals surface area (Å²) in [5.74, 6) is -1.79. The smallest absolute Gasteiger partial charge is 0.254 e. The van der Waals surface area contributed by atoms with Crippen molar-refractivity contribution >= 4 is 11.6 Å². The van der Waals surface area contributed by atoms with Crippen LogP contribution in [0.2, 0.25) is 0 Å². The van der Waals surface area contributed by atoms with E-state index < -0.39 is 11.6 Å². The highest BCUT2D eigenvalue weighted by molar-refractivity contribution is 5.95. The normalized spacial score (nSPS) is 22.8. The van der Waals surface area contributed by atoms with E-state index in [9.17, 15) is 13.6 Å². The van der Waals surface area contributed by atoms with Gasteiger partial charge >= 0.3 is 0 Å². The topological polar surface area (TPSA) is 32.3 Å². The van der Waals surface area contributed by atoms with Crippen molar-refractivity contribution in [3.8, 4) is 0 Å². The molecule has 110 valence electrons. The average Bonchev–Trinajstić information content (AvgIpc) is 2.37. The fourth-order valence-electron chi connectivity index (χ4n) is 2.91. The second-order valence-electron chi connectivity index (χ2n) is 5.41. The molecule has 0 spiro atoms. The first-order valence-corrected chi connectivity index (χ1v) is 6.95. The molecule has 0 saturated carbocycles.